The fraction of sp³-hybridized carbons (Fsp3) is 0.467. The summed E-state index contributed by atoms with van der Waals surface area (Å²) in [6, 6.07) is 6.43. The molecule has 0 bridgehead atoms. The van der Waals surface area contributed by atoms with E-state index in [0.29, 0.717) is 5.92 Å². The molecule has 0 saturated heterocycles. The topological polar surface area (TPSA) is 42.7 Å². The standard InChI is InChI=1S/C15H21BrN4S/c1-10(2)8-17-9-12-5-6-13(7-14(12)16)21-15-19-18-11(3)20(15)4/h5-7,10,17H,8-9H2,1-4H3. The Bertz CT molecular complexity index is 610. The minimum Gasteiger partial charge on any atom is -0.312 e. The Labute approximate surface area is 138 Å². The van der Waals surface area contributed by atoms with Gasteiger partial charge in [-0.3, -0.25) is 0 Å². The first-order valence-electron chi connectivity index (χ1n) is 7.00. The molecule has 4 nitrogen and oxygen atoms in total. The van der Waals surface area contributed by atoms with Crippen LogP contribution in [0, 0.1) is 12.8 Å². The van der Waals surface area contributed by atoms with E-state index in [1.54, 1.807) is 11.8 Å². The number of hydrogen-bond acceptors (Lipinski definition) is 4. The highest BCUT2D eigenvalue weighted by atomic mass is 79.9. The van der Waals surface area contributed by atoms with Gasteiger partial charge in [0.05, 0.1) is 0 Å². The third-order valence-electron chi connectivity index (χ3n) is 3.15. The second kappa shape index (κ2) is 7.42. The highest BCUT2D eigenvalue weighted by Gasteiger charge is 2.08. The number of hydrogen-bond donors (Lipinski definition) is 1. The van der Waals surface area contributed by atoms with Crippen LogP contribution in [0.25, 0.3) is 0 Å². The van der Waals surface area contributed by atoms with Gasteiger partial charge < -0.3 is 9.88 Å². The van der Waals surface area contributed by atoms with E-state index in [0.717, 1.165) is 33.4 Å². The molecule has 0 amide bonds. The van der Waals surface area contributed by atoms with E-state index < -0.39 is 0 Å². The number of aromatic nitrogens is 3. The molecule has 0 radical (unpaired) electrons. The summed E-state index contributed by atoms with van der Waals surface area (Å²) in [7, 11) is 1.98. The van der Waals surface area contributed by atoms with E-state index in [1.165, 1.54) is 5.56 Å². The minimum absolute atomic E-state index is 0.665. The average molecular weight is 369 g/mol. The Morgan fingerprint density at radius 2 is 2.10 bits per heavy atom. The maximum Gasteiger partial charge on any atom is 0.195 e. The Balaban J connectivity index is 2.03. The van der Waals surface area contributed by atoms with Gasteiger partial charge in [0, 0.05) is 23.0 Å². The number of halogens is 1. The Morgan fingerprint density at radius 3 is 2.67 bits per heavy atom. The van der Waals surface area contributed by atoms with E-state index in [-0.39, 0.29) is 0 Å². The molecule has 6 heteroatoms. The normalized spacial score (nSPS) is 11.3. The SMILES string of the molecule is Cc1nnc(Sc2ccc(CNCC(C)C)c(Br)c2)n1C. The molecule has 0 unspecified atom stereocenters. The van der Waals surface area contributed by atoms with Crippen LogP contribution in [0.2, 0.25) is 0 Å². The van der Waals surface area contributed by atoms with Gasteiger partial charge >= 0.3 is 0 Å². The summed E-state index contributed by atoms with van der Waals surface area (Å²) in [6.07, 6.45) is 0. The van der Waals surface area contributed by atoms with Crippen molar-refractivity contribution in [3.8, 4) is 0 Å². The lowest BCUT2D eigenvalue weighted by Gasteiger charge is -2.10. The maximum atomic E-state index is 4.18. The minimum atomic E-state index is 0.665. The molecular weight excluding hydrogens is 348 g/mol. The van der Waals surface area contributed by atoms with Crippen LogP contribution in [0.4, 0.5) is 0 Å². The highest BCUT2D eigenvalue weighted by Crippen LogP contribution is 2.30. The molecule has 0 atom stereocenters. The molecule has 1 heterocycles. The van der Waals surface area contributed by atoms with Gasteiger partial charge in [-0.25, -0.2) is 0 Å². The fourth-order valence-electron chi connectivity index (χ4n) is 1.81. The fourth-order valence-corrected chi connectivity index (χ4v) is 3.36. The lowest BCUT2D eigenvalue weighted by molar-refractivity contribution is 0.551. The van der Waals surface area contributed by atoms with Crippen molar-refractivity contribution in [2.45, 2.75) is 37.4 Å². The van der Waals surface area contributed by atoms with Crippen LogP contribution in [0.15, 0.2) is 32.7 Å². The number of benzene rings is 1. The third kappa shape index (κ3) is 4.56. The maximum absolute atomic E-state index is 4.18. The molecule has 114 valence electrons. The number of aryl methyl sites for hydroxylation is 1. The number of nitrogens with zero attached hydrogens (tertiary/aromatic N) is 3. The summed E-state index contributed by atoms with van der Waals surface area (Å²) in [4.78, 5) is 1.16. The second-order valence-corrected chi connectivity index (χ2v) is 7.36. The van der Waals surface area contributed by atoms with Crippen molar-refractivity contribution in [3.05, 3.63) is 34.1 Å². The van der Waals surface area contributed by atoms with Crippen molar-refractivity contribution < 1.29 is 0 Å². The molecule has 2 aromatic rings. The zero-order valence-electron chi connectivity index (χ0n) is 12.9. The molecule has 0 aliphatic rings. The Morgan fingerprint density at radius 1 is 1.33 bits per heavy atom. The summed E-state index contributed by atoms with van der Waals surface area (Å²) in [5, 5.41) is 12.6. The van der Waals surface area contributed by atoms with Crippen LogP contribution in [0.3, 0.4) is 0 Å². The van der Waals surface area contributed by atoms with Crippen molar-refractivity contribution in [1.82, 2.24) is 20.1 Å². The van der Waals surface area contributed by atoms with Crippen LogP contribution in [0.5, 0.6) is 0 Å². The average Bonchev–Trinajstić information content (AvgIpc) is 2.73. The first kappa shape index (κ1) is 16.5. The highest BCUT2D eigenvalue weighted by molar-refractivity contribution is 9.10. The summed E-state index contributed by atoms with van der Waals surface area (Å²) >= 11 is 5.28. The first-order valence-corrected chi connectivity index (χ1v) is 8.61. The van der Waals surface area contributed by atoms with E-state index in [1.807, 2.05) is 18.5 Å². The molecule has 0 aliphatic carbocycles. The summed E-state index contributed by atoms with van der Waals surface area (Å²) in [5.74, 6) is 1.59. The van der Waals surface area contributed by atoms with E-state index >= 15 is 0 Å². The quantitative estimate of drug-likeness (QED) is 0.842. The van der Waals surface area contributed by atoms with E-state index in [4.69, 9.17) is 0 Å². The van der Waals surface area contributed by atoms with Gasteiger partial charge in [0.1, 0.15) is 5.82 Å². The molecule has 1 aromatic carbocycles. The summed E-state index contributed by atoms with van der Waals surface area (Å²) < 4.78 is 3.12. The van der Waals surface area contributed by atoms with Crippen molar-refractivity contribution >= 4 is 27.7 Å². The largest absolute Gasteiger partial charge is 0.312 e. The Hall–Kier alpha value is -0.850. The molecule has 0 saturated carbocycles. The summed E-state index contributed by atoms with van der Waals surface area (Å²) in [6.45, 7) is 8.29. The molecule has 0 aliphatic heterocycles. The number of rotatable bonds is 6. The van der Waals surface area contributed by atoms with Crippen LogP contribution in [-0.4, -0.2) is 21.3 Å². The Kier molecular flexibility index (Phi) is 5.84. The molecule has 21 heavy (non-hydrogen) atoms. The number of nitrogens with one attached hydrogen (secondary N) is 1. The first-order chi connectivity index (χ1) is 9.97. The second-order valence-electron chi connectivity index (χ2n) is 5.47. The molecule has 0 spiro atoms. The molecule has 1 aromatic heterocycles. The van der Waals surface area contributed by atoms with E-state index in [2.05, 4.69) is 63.5 Å². The van der Waals surface area contributed by atoms with Crippen LogP contribution < -0.4 is 5.32 Å². The van der Waals surface area contributed by atoms with Crippen molar-refractivity contribution in [3.63, 3.8) is 0 Å². The van der Waals surface area contributed by atoms with Gasteiger partial charge in [0.2, 0.25) is 0 Å². The van der Waals surface area contributed by atoms with Crippen molar-refractivity contribution in [2.75, 3.05) is 6.54 Å². The molecule has 0 fully saturated rings. The monoisotopic (exact) mass is 368 g/mol. The van der Waals surface area contributed by atoms with E-state index in [9.17, 15) is 0 Å². The van der Waals surface area contributed by atoms with Gasteiger partial charge in [0.15, 0.2) is 5.16 Å². The van der Waals surface area contributed by atoms with Gasteiger partial charge in [-0.1, -0.05) is 35.8 Å². The zero-order valence-corrected chi connectivity index (χ0v) is 15.3. The molecule has 2 rings (SSSR count). The molecular formula is C15H21BrN4S. The smallest absolute Gasteiger partial charge is 0.195 e. The molecule has 1 N–H and O–H groups in total. The van der Waals surface area contributed by atoms with Crippen LogP contribution >= 0.6 is 27.7 Å². The van der Waals surface area contributed by atoms with Gasteiger partial charge in [-0.2, -0.15) is 0 Å². The van der Waals surface area contributed by atoms with Crippen molar-refractivity contribution in [1.29, 1.82) is 0 Å². The lowest BCUT2D eigenvalue weighted by Crippen LogP contribution is -2.19. The van der Waals surface area contributed by atoms with Crippen LogP contribution in [-0.2, 0) is 13.6 Å². The van der Waals surface area contributed by atoms with Gasteiger partial charge in [0.25, 0.3) is 0 Å². The van der Waals surface area contributed by atoms with Gasteiger partial charge in [-0.15, -0.1) is 10.2 Å². The lowest BCUT2D eigenvalue weighted by atomic mass is 10.2. The predicted molar refractivity (Wildman–Crippen MR) is 90.5 cm³/mol. The third-order valence-corrected chi connectivity index (χ3v) is 4.92. The zero-order chi connectivity index (χ0) is 15.4. The van der Waals surface area contributed by atoms with Crippen LogP contribution in [0.1, 0.15) is 25.2 Å². The summed E-state index contributed by atoms with van der Waals surface area (Å²) in [5.41, 5.74) is 1.27. The predicted octanol–water partition coefficient (Wildman–Crippen LogP) is 3.78. The van der Waals surface area contributed by atoms with Gasteiger partial charge in [-0.05, 0) is 48.8 Å². The van der Waals surface area contributed by atoms with Crippen molar-refractivity contribution in [2.24, 2.45) is 13.0 Å².